The highest BCUT2D eigenvalue weighted by Gasteiger charge is 2.30. The van der Waals surface area contributed by atoms with Gasteiger partial charge in [-0.25, -0.2) is 0 Å². The lowest BCUT2D eigenvalue weighted by atomic mass is 9.93. The van der Waals surface area contributed by atoms with Crippen molar-refractivity contribution in [1.29, 1.82) is 0 Å². The lowest BCUT2D eigenvalue weighted by molar-refractivity contribution is 0.265. The molecule has 1 fully saturated rings. The zero-order chi connectivity index (χ0) is 14.0. The molecule has 0 radical (unpaired) electrons. The van der Waals surface area contributed by atoms with Gasteiger partial charge in [-0.15, -0.1) is 0 Å². The van der Waals surface area contributed by atoms with Crippen molar-refractivity contribution >= 4 is 0 Å². The van der Waals surface area contributed by atoms with E-state index in [1.54, 1.807) is 0 Å². The molecule has 106 valence electrons. The number of nitrogens with zero attached hydrogens (tertiary/aromatic N) is 1. The third kappa shape index (κ3) is 3.58. The molecule has 1 aliphatic rings. The fourth-order valence-corrected chi connectivity index (χ4v) is 3.20. The molecule has 1 atom stereocenters. The standard InChI is InChI=1S/C17H28N2/c1-13-6-7-15(14(2)10-13)16(18-5)11-19-9-8-17(3,4)12-19/h6-7,10,16,18H,8-9,11-12H2,1-5H3. The van der Waals surface area contributed by atoms with Gasteiger partial charge in [0.15, 0.2) is 0 Å². The van der Waals surface area contributed by atoms with Crippen molar-refractivity contribution in [1.82, 2.24) is 10.2 Å². The van der Waals surface area contributed by atoms with E-state index in [9.17, 15) is 0 Å². The van der Waals surface area contributed by atoms with Crippen LogP contribution in [0, 0.1) is 19.3 Å². The second kappa shape index (κ2) is 5.64. The van der Waals surface area contributed by atoms with Gasteiger partial charge < -0.3 is 10.2 Å². The fraction of sp³-hybridized carbons (Fsp3) is 0.647. The largest absolute Gasteiger partial charge is 0.312 e. The molecule has 2 nitrogen and oxygen atoms in total. The Kier molecular flexibility index (Phi) is 4.32. The van der Waals surface area contributed by atoms with Crippen LogP contribution >= 0.6 is 0 Å². The Morgan fingerprint density at radius 2 is 2.05 bits per heavy atom. The molecule has 0 spiro atoms. The number of benzene rings is 1. The third-order valence-corrected chi connectivity index (χ3v) is 4.35. The number of likely N-dealkylation sites (N-methyl/N-ethyl adjacent to an activating group) is 1. The van der Waals surface area contributed by atoms with Crippen LogP contribution in [-0.2, 0) is 0 Å². The molecule has 2 rings (SSSR count). The molecule has 1 unspecified atom stereocenters. The molecule has 19 heavy (non-hydrogen) atoms. The summed E-state index contributed by atoms with van der Waals surface area (Å²) in [4.78, 5) is 2.60. The van der Waals surface area contributed by atoms with Crippen molar-refractivity contribution in [3.05, 3.63) is 34.9 Å². The van der Waals surface area contributed by atoms with Crippen LogP contribution in [0.1, 0.15) is 43.0 Å². The van der Waals surface area contributed by atoms with Crippen LogP contribution in [0.4, 0.5) is 0 Å². The van der Waals surface area contributed by atoms with Crippen LogP contribution < -0.4 is 5.32 Å². The summed E-state index contributed by atoms with van der Waals surface area (Å²) in [5.41, 5.74) is 4.68. The quantitative estimate of drug-likeness (QED) is 0.893. The van der Waals surface area contributed by atoms with Crippen molar-refractivity contribution in [2.24, 2.45) is 5.41 Å². The van der Waals surface area contributed by atoms with E-state index >= 15 is 0 Å². The van der Waals surface area contributed by atoms with Crippen molar-refractivity contribution in [2.75, 3.05) is 26.7 Å². The number of aryl methyl sites for hydroxylation is 2. The Morgan fingerprint density at radius 3 is 2.58 bits per heavy atom. The fourth-order valence-electron chi connectivity index (χ4n) is 3.20. The van der Waals surface area contributed by atoms with Crippen LogP contribution in [0.5, 0.6) is 0 Å². The van der Waals surface area contributed by atoms with Crippen LogP contribution in [-0.4, -0.2) is 31.6 Å². The predicted molar refractivity (Wildman–Crippen MR) is 82.6 cm³/mol. The highest BCUT2D eigenvalue weighted by Crippen LogP contribution is 2.30. The van der Waals surface area contributed by atoms with E-state index in [0.29, 0.717) is 11.5 Å². The van der Waals surface area contributed by atoms with Gasteiger partial charge >= 0.3 is 0 Å². The van der Waals surface area contributed by atoms with Crippen LogP contribution in [0.25, 0.3) is 0 Å². The van der Waals surface area contributed by atoms with Gasteiger partial charge in [0.1, 0.15) is 0 Å². The summed E-state index contributed by atoms with van der Waals surface area (Å²) in [5, 5.41) is 3.49. The first-order valence-electron chi connectivity index (χ1n) is 7.38. The monoisotopic (exact) mass is 260 g/mol. The molecule has 0 aromatic heterocycles. The lowest BCUT2D eigenvalue weighted by Crippen LogP contribution is -2.33. The average molecular weight is 260 g/mol. The molecule has 2 heteroatoms. The summed E-state index contributed by atoms with van der Waals surface area (Å²) in [6, 6.07) is 7.23. The molecule has 1 aromatic carbocycles. The van der Waals surface area contributed by atoms with Crippen LogP contribution in [0.2, 0.25) is 0 Å². The van der Waals surface area contributed by atoms with E-state index in [1.165, 1.54) is 36.2 Å². The molecule has 1 heterocycles. The summed E-state index contributed by atoms with van der Waals surface area (Å²) >= 11 is 0. The predicted octanol–water partition coefficient (Wildman–Crippen LogP) is 3.30. The highest BCUT2D eigenvalue weighted by molar-refractivity contribution is 5.33. The Bertz CT molecular complexity index is 437. The zero-order valence-electron chi connectivity index (χ0n) is 13.1. The summed E-state index contributed by atoms with van der Waals surface area (Å²) in [6.07, 6.45) is 1.32. The van der Waals surface area contributed by atoms with Crippen molar-refractivity contribution in [3.63, 3.8) is 0 Å². The van der Waals surface area contributed by atoms with E-state index in [1.807, 2.05) is 0 Å². The first-order valence-corrected chi connectivity index (χ1v) is 7.38. The Labute approximate surface area is 118 Å². The smallest absolute Gasteiger partial charge is 0.0449 e. The van der Waals surface area contributed by atoms with Gasteiger partial charge in [0.25, 0.3) is 0 Å². The number of likely N-dealkylation sites (tertiary alicyclic amines) is 1. The Morgan fingerprint density at radius 1 is 1.32 bits per heavy atom. The zero-order valence-corrected chi connectivity index (χ0v) is 13.1. The second-order valence-electron chi connectivity index (χ2n) is 6.85. The van der Waals surface area contributed by atoms with Crippen molar-refractivity contribution in [2.45, 2.75) is 40.2 Å². The van der Waals surface area contributed by atoms with Crippen LogP contribution in [0.3, 0.4) is 0 Å². The number of nitrogens with one attached hydrogen (secondary N) is 1. The summed E-state index contributed by atoms with van der Waals surface area (Å²) in [7, 11) is 2.07. The number of rotatable bonds is 4. The summed E-state index contributed by atoms with van der Waals surface area (Å²) in [5.74, 6) is 0. The number of hydrogen-bond donors (Lipinski definition) is 1. The van der Waals surface area contributed by atoms with E-state index in [0.717, 1.165) is 6.54 Å². The molecule has 0 amide bonds. The normalized spacial score (nSPS) is 20.7. The van der Waals surface area contributed by atoms with E-state index in [-0.39, 0.29) is 0 Å². The van der Waals surface area contributed by atoms with E-state index in [2.05, 4.69) is 63.2 Å². The second-order valence-corrected chi connectivity index (χ2v) is 6.85. The van der Waals surface area contributed by atoms with Gasteiger partial charge in [-0.1, -0.05) is 37.6 Å². The third-order valence-electron chi connectivity index (χ3n) is 4.35. The van der Waals surface area contributed by atoms with Gasteiger partial charge in [0.2, 0.25) is 0 Å². The minimum atomic E-state index is 0.439. The highest BCUT2D eigenvalue weighted by atomic mass is 15.2. The van der Waals surface area contributed by atoms with Crippen molar-refractivity contribution in [3.8, 4) is 0 Å². The van der Waals surface area contributed by atoms with Gasteiger partial charge in [0.05, 0.1) is 0 Å². The first-order chi connectivity index (χ1) is 8.91. The lowest BCUT2D eigenvalue weighted by Gasteiger charge is -2.26. The maximum absolute atomic E-state index is 3.49. The topological polar surface area (TPSA) is 15.3 Å². The van der Waals surface area contributed by atoms with Crippen LogP contribution in [0.15, 0.2) is 18.2 Å². The molecule has 1 saturated heterocycles. The van der Waals surface area contributed by atoms with E-state index in [4.69, 9.17) is 0 Å². The Balaban J connectivity index is 2.08. The van der Waals surface area contributed by atoms with Gasteiger partial charge in [0, 0.05) is 19.1 Å². The molecule has 1 N–H and O–H groups in total. The average Bonchev–Trinajstić information content (AvgIpc) is 2.66. The SMILES string of the molecule is CNC(CN1CCC(C)(C)C1)c1ccc(C)cc1C. The minimum absolute atomic E-state index is 0.439. The maximum atomic E-state index is 3.49. The van der Waals surface area contributed by atoms with Gasteiger partial charge in [-0.2, -0.15) is 0 Å². The van der Waals surface area contributed by atoms with Gasteiger partial charge in [-0.05, 0) is 50.4 Å². The molecule has 0 bridgehead atoms. The molecular formula is C17H28N2. The Hall–Kier alpha value is -0.860. The van der Waals surface area contributed by atoms with E-state index < -0.39 is 0 Å². The van der Waals surface area contributed by atoms with Gasteiger partial charge in [-0.3, -0.25) is 0 Å². The minimum Gasteiger partial charge on any atom is -0.312 e. The molecule has 0 saturated carbocycles. The van der Waals surface area contributed by atoms with Crippen molar-refractivity contribution < 1.29 is 0 Å². The number of hydrogen-bond acceptors (Lipinski definition) is 2. The molecular weight excluding hydrogens is 232 g/mol. The molecule has 1 aliphatic heterocycles. The first kappa shape index (κ1) is 14.5. The summed E-state index contributed by atoms with van der Waals surface area (Å²) < 4.78 is 0. The molecule has 1 aromatic rings. The summed E-state index contributed by atoms with van der Waals surface area (Å²) in [6.45, 7) is 12.7. The molecule has 0 aliphatic carbocycles. The maximum Gasteiger partial charge on any atom is 0.0449 e.